The maximum atomic E-state index is 13.0. The van der Waals surface area contributed by atoms with E-state index in [1.54, 1.807) is 25.1 Å². The highest BCUT2D eigenvalue weighted by atomic mass is 19.1. The molecule has 0 bridgehead atoms. The van der Waals surface area contributed by atoms with Crippen LogP contribution in [0.15, 0.2) is 47.0 Å². The molecule has 0 aliphatic rings. The molecule has 0 aliphatic carbocycles. The van der Waals surface area contributed by atoms with E-state index in [1.165, 1.54) is 31.4 Å². The van der Waals surface area contributed by atoms with Crippen LogP contribution < -0.4 is 4.74 Å². The Morgan fingerprint density at radius 3 is 2.62 bits per heavy atom. The Bertz CT molecular complexity index is 934. The largest absolute Gasteiger partial charge is 0.507 e. The molecule has 0 radical (unpaired) electrons. The smallest absolute Gasteiger partial charge is 0.342 e. The highest BCUT2D eigenvalue weighted by Gasteiger charge is 2.18. The summed E-state index contributed by atoms with van der Waals surface area (Å²) in [5, 5.41) is 13.8. The van der Waals surface area contributed by atoms with Crippen LogP contribution in [0.2, 0.25) is 0 Å². The van der Waals surface area contributed by atoms with E-state index in [2.05, 4.69) is 5.16 Å². The number of carbonyl (C=O) groups is 1. The van der Waals surface area contributed by atoms with Crippen molar-refractivity contribution in [1.29, 1.82) is 0 Å². The van der Waals surface area contributed by atoms with Gasteiger partial charge in [-0.2, -0.15) is 0 Å². The maximum Gasteiger partial charge on any atom is 0.342 e. The maximum absolute atomic E-state index is 13.0. The fourth-order valence-corrected chi connectivity index (χ4v) is 2.40. The SMILES string of the molecule is COc1ccc(C(=O)OCc2noc(-c3ccc(F)cc3)c2C)c(O)c1. The quantitative estimate of drug-likeness (QED) is 0.698. The normalized spacial score (nSPS) is 10.6. The summed E-state index contributed by atoms with van der Waals surface area (Å²) < 4.78 is 28.5. The molecule has 0 unspecified atom stereocenters. The predicted molar refractivity (Wildman–Crippen MR) is 90.4 cm³/mol. The van der Waals surface area contributed by atoms with Gasteiger partial charge in [-0.15, -0.1) is 0 Å². The van der Waals surface area contributed by atoms with Gasteiger partial charge in [0.25, 0.3) is 0 Å². The summed E-state index contributed by atoms with van der Waals surface area (Å²) in [4.78, 5) is 12.1. The van der Waals surface area contributed by atoms with Crippen LogP contribution in [0.4, 0.5) is 4.39 Å². The number of esters is 1. The Morgan fingerprint density at radius 2 is 1.96 bits per heavy atom. The van der Waals surface area contributed by atoms with Crippen molar-refractivity contribution in [1.82, 2.24) is 5.16 Å². The molecular weight excluding hydrogens is 341 g/mol. The molecule has 3 rings (SSSR count). The third kappa shape index (κ3) is 3.51. The van der Waals surface area contributed by atoms with E-state index < -0.39 is 5.97 Å². The second kappa shape index (κ2) is 7.26. The zero-order valence-electron chi connectivity index (χ0n) is 14.2. The topological polar surface area (TPSA) is 81.8 Å². The van der Waals surface area contributed by atoms with E-state index in [-0.39, 0.29) is 23.7 Å². The summed E-state index contributed by atoms with van der Waals surface area (Å²) in [6, 6.07) is 10.1. The van der Waals surface area contributed by atoms with Gasteiger partial charge in [-0.25, -0.2) is 9.18 Å². The number of hydrogen-bond donors (Lipinski definition) is 1. The number of phenolic OH excluding ortho intramolecular Hbond substituents is 1. The van der Waals surface area contributed by atoms with Gasteiger partial charge in [-0.1, -0.05) is 5.16 Å². The molecule has 1 heterocycles. The summed E-state index contributed by atoms with van der Waals surface area (Å²) in [6.07, 6.45) is 0. The van der Waals surface area contributed by atoms with Crippen LogP contribution in [-0.2, 0) is 11.3 Å². The molecule has 0 saturated carbocycles. The van der Waals surface area contributed by atoms with Crippen LogP contribution >= 0.6 is 0 Å². The van der Waals surface area contributed by atoms with Gasteiger partial charge in [0.2, 0.25) is 0 Å². The average molecular weight is 357 g/mol. The number of aromatic nitrogens is 1. The molecule has 6 nitrogen and oxygen atoms in total. The number of aromatic hydroxyl groups is 1. The number of methoxy groups -OCH3 is 1. The van der Waals surface area contributed by atoms with Gasteiger partial charge in [-0.05, 0) is 43.3 Å². The van der Waals surface area contributed by atoms with Crippen molar-refractivity contribution in [3.05, 3.63) is 65.1 Å². The highest BCUT2D eigenvalue weighted by molar-refractivity contribution is 5.92. The van der Waals surface area contributed by atoms with Crippen molar-refractivity contribution in [2.75, 3.05) is 7.11 Å². The monoisotopic (exact) mass is 357 g/mol. The molecule has 0 aliphatic heterocycles. The molecule has 0 saturated heterocycles. The van der Waals surface area contributed by atoms with Gasteiger partial charge in [0.15, 0.2) is 5.76 Å². The van der Waals surface area contributed by atoms with Crippen molar-refractivity contribution >= 4 is 5.97 Å². The summed E-state index contributed by atoms with van der Waals surface area (Å²) in [6.45, 7) is 1.64. The van der Waals surface area contributed by atoms with Crippen LogP contribution in [0.3, 0.4) is 0 Å². The molecule has 1 N–H and O–H groups in total. The first-order chi connectivity index (χ1) is 12.5. The lowest BCUT2D eigenvalue weighted by Crippen LogP contribution is -2.06. The average Bonchev–Trinajstić information content (AvgIpc) is 3.01. The summed E-state index contributed by atoms with van der Waals surface area (Å²) in [5.74, 6) is -0.382. The minimum atomic E-state index is -0.698. The molecule has 2 aromatic carbocycles. The van der Waals surface area contributed by atoms with Gasteiger partial charge in [-0.3, -0.25) is 0 Å². The molecule has 0 atom stereocenters. The van der Waals surface area contributed by atoms with E-state index in [9.17, 15) is 14.3 Å². The number of nitrogens with zero attached hydrogens (tertiary/aromatic N) is 1. The number of ether oxygens (including phenoxy) is 2. The molecule has 0 fully saturated rings. The van der Waals surface area contributed by atoms with Crippen LogP contribution in [0.1, 0.15) is 21.6 Å². The zero-order chi connectivity index (χ0) is 18.7. The van der Waals surface area contributed by atoms with Gasteiger partial charge in [0, 0.05) is 17.2 Å². The highest BCUT2D eigenvalue weighted by Crippen LogP contribution is 2.27. The summed E-state index contributed by atoms with van der Waals surface area (Å²) >= 11 is 0. The van der Waals surface area contributed by atoms with Crippen LogP contribution in [0.5, 0.6) is 11.5 Å². The molecule has 26 heavy (non-hydrogen) atoms. The fourth-order valence-electron chi connectivity index (χ4n) is 2.40. The third-order valence-electron chi connectivity index (χ3n) is 3.89. The Hall–Kier alpha value is -3.35. The first-order valence-corrected chi connectivity index (χ1v) is 7.75. The molecule has 7 heteroatoms. The van der Waals surface area contributed by atoms with Crippen LogP contribution in [0, 0.1) is 12.7 Å². The third-order valence-corrected chi connectivity index (χ3v) is 3.89. The summed E-state index contributed by atoms with van der Waals surface area (Å²) in [5.41, 5.74) is 1.81. The van der Waals surface area contributed by atoms with E-state index in [0.717, 1.165) is 0 Å². The second-order valence-electron chi connectivity index (χ2n) is 5.55. The lowest BCUT2D eigenvalue weighted by molar-refractivity contribution is 0.0460. The lowest BCUT2D eigenvalue weighted by Gasteiger charge is -2.07. The van der Waals surface area contributed by atoms with E-state index in [0.29, 0.717) is 28.3 Å². The first kappa shape index (κ1) is 17.5. The van der Waals surface area contributed by atoms with Crippen LogP contribution in [-0.4, -0.2) is 23.3 Å². The minimum absolute atomic E-state index is 0.0192. The Morgan fingerprint density at radius 1 is 1.23 bits per heavy atom. The van der Waals surface area contributed by atoms with Gasteiger partial charge >= 0.3 is 5.97 Å². The predicted octanol–water partition coefficient (Wildman–Crippen LogP) is 3.86. The zero-order valence-corrected chi connectivity index (χ0v) is 14.2. The number of halogens is 1. The molecular formula is C19H16FNO5. The number of carbonyl (C=O) groups excluding carboxylic acids is 1. The number of benzene rings is 2. The fraction of sp³-hybridized carbons (Fsp3) is 0.158. The molecule has 0 amide bonds. The Labute approximate surface area is 148 Å². The van der Waals surface area contributed by atoms with Crippen molar-refractivity contribution < 1.29 is 28.3 Å². The molecule has 134 valence electrons. The standard InChI is InChI=1S/C19H16FNO5/c1-11-16(21-26-18(11)12-3-5-13(20)6-4-12)10-25-19(23)15-8-7-14(24-2)9-17(15)22/h3-9,22H,10H2,1-2H3. The molecule has 0 spiro atoms. The van der Waals surface area contributed by atoms with E-state index in [1.807, 2.05) is 0 Å². The minimum Gasteiger partial charge on any atom is -0.507 e. The first-order valence-electron chi connectivity index (χ1n) is 7.75. The van der Waals surface area contributed by atoms with Crippen LogP contribution in [0.25, 0.3) is 11.3 Å². The lowest BCUT2D eigenvalue weighted by atomic mass is 10.1. The van der Waals surface area contributed by atoms with Gasteiger partial charge in [0.05, 0.1) is 7.11 Å². The molecule has 3 aromatic rings. The number of phenols is 1. The second-order valence-corrected chi connectivity index (χ2v) is 5.55. The van der Waals surface area contributed by atoms with E-state index in [4.69, 9.17) is 14.0 Å². The van der Waals surface area contributed by atoms with Crippen molar-refractivity contribution in [3.63, 3.8) is 0 Å². The number of hydrogen-bond acceptors (Lipinski definition) is 6. The summed E-state index contributed by atoms with van der Waals surface area (Å²) in [7, 11) is 1.46. The Kier molecular flexibility index (Phi) is 4.88. The van der Waals surface area contributed by atoms with Gasteiger partial charge in [0.1, 0.15) is 35.2 Å². The van der Waals surface area contributed by atoms with E-state index >= 15 is 0 Å². The van der Waals surface area contributed by atoms with Gasteiger partial charge < -0.3 is 19.1 Å². The molecule has 1 aromatic heterocycles. The van der Waals surface area contributed by atoms with Crippen molar-refractivity contribution in [3.8, 4) is 22.8 Å². The number of rotatable bonds is 5. The van der Waals surface area contributed by atoms with Crippen molar-refractivity contribution in [2.24, 2.45) is 0 Å². The Balaban J connectivity index is 1.72. The van der Waals surface area contributed by atoms with Crippen molar-refractivity contribution in [2.45, 2.75) is 13.5 Å².